The van der Waals surface area contributed by atoms with E-state index in [1.54, 1.807) is 6.08 Å². The minimum Gasteiger partial charge on any atom is -0.301 e. The maximum atomic E-state index is 6.93. The van der Waals surface area contributed by atoms with Crippen LogP contribution < -0.4 is 0 Å². The number of hydrogen-bond donors (Lipinski definition) is 1. The first-order valence-electron chi connectivity index (χ1n) is 2.15. The summed E-state index contributed by atoms with van der Waals surface area (Å²) >= 11 is 0. The molecule has 0 bridgehead atoms. The van der Waals surface area contributed by atoms with E-state index in [2.05, 4.69) is 6.58 Å². The maximum Gasteiger partial charge on any atom is 0.0530 e. The van der Waals surface area contributed by atoms with E-state index in [-0.39, 0.29) is 0 Å². The van der Waals surface area contributed by atoms with E-state index in [4.69, 9.17) is 5.41 Å². The Kier molecular flexibility index (Phi) is 2.94. The van der Waals surface area contributed by atoms with E-state index in [1.807, 2.05) is 13.0 Å². The third kappa shape index (κ3) is 2.97. The second-order valence-electron chi connectivity index (χ2n) is 1.16. The fourth-order valence-corrected chi connectivity index (χ4v) is 0.248. The van der Waals surface area contributed by atoms with Gasteiger partial charge in [-0.05, 0) is 19.1 Å². The van der Waals surface area contributed by atoms with Gasteiger partial charge in [0.25, 0.3) is 0 Å². The lowest BCUT2D eigenvalue weighted by Crippen LogP contribution is -1.78. The van der Waals surface area contributed by atoms with Gasteiger partial charge in [0.2, 0.25) is 0 Å². The molecule has 0 fully saturated rings. The van der Waals surface area contributed by atoms with Gasteiger partial charge in [0.15, 0.2) is 0 Å². The number of rotatable bonds is 2. The molecule has 0 aromatic rings. The van der Waals surface area contributed by atoms with Gasteiger partial charge in [0.1, 0.15) is 0 Å². The molecule has 1 nitrogen and oxygen atoms in total. The van der Waals surface area contributed by atoms with Gasteiger partial charge in [-0.25, -0.2) is 0 Å². The molecule has 0 saturated heterocycles. The fraction of sp³-hybridized carbons (Fsp3) is 0.167. The van der Waals surface area contributed by atoms with Crippen LogP contribution in [0.5, 0.6) is 0 Å². The summed E-state index contributed by atoms with van der Waals surface area (Å²) in [5.41, 5.74) is 0.461. The standard InChI is InChI=1S/C6H9N/c1-3-5-6(7)4-2/h3-5,7H,2H2,1H3/b5-3-,7-6?. The van der Waals surface area contributed by atoms with Crippen LogP contribution >= 0.6 is 0 Å². The van der Waals surface area contributed by atoms with Gasteiger partial charge >= 0.3 is 0 Å². The minimum absolute atomic E-state index is 0.461. The van der Waals surface area contributed by atoms with Crippen molar-refractivity contribution in [2.24, 2.45) is 0 Å². The lowest BCUT2D eigenvalue weighted by atomic mass is 10.3. The predicted molar refractivity (Wildman–Crippen MR) is 32.7 cm³/mol. The Bertz CT molecular complexity index is 101. The van der Waals surface area contributed by atoms with Gasteiger partial charge in [-0.15, -0.1) is 0 Å². The van der Waals surface area contributed by atoms with Crippen LogP contribution in [0.15, 0.2) is 24.8 Å². The molecule has 0 amide bonds. The number of nitrogens with one attached hydrogen (secondary N) is 1. The van der Waals surface area contributed by atoms with Crippen LogP contribution in [0.3, 0.4) is 0 Å². The summed E-state index contributed by atoms with van der Waals surface area (Å²) in [6.07, 6.45) is 5.00. The highest BCUT2D eigenvalue weighted by molar-refractivity contribution is 6.00. The zero-order valence-corrected chi connectivity index (χ0v) is 4.44. The van der Waals surface area contributed by atoms with Crippen molar-refractivity contribution in [1.29, 1.82) is 5.41 Å². The third-order valence-electron chi connectivity index (χ3n) is 0.566. The van der Waals surface area contributed by atoms with E-state index in [1.165, 1.54) is 6.08 Å². The molecule has 0 aliphatic carbocycles. The molecular weight excluding hydrogens is 86.1 g/mol. The summed E-state index contributed by atoms with van der Waals surface area (Å²) in [5, 5.41) is 6.93. The molecule has 0 saturated carbocycles. The first-order chi connectivity index (χ1) is 3.31. The largest absolute Gasteiger partial charge is 0.301 e. The monoisotopic (exact) mass is 95.1 g/mol. The van der Waals surface area contributed by atoms with E-state index in [0.717, 1.165) is 0 Å². The Hall–Kier alpha value is -0.850. The average molecular weight is 95.1 g/mol. The molecule has 0 aliphatic rings. The third-order valence-corrected chi connectivity index (χ3v) is 0.566. The molecule has 1 heteroatoms. The second kappa shape index (κ2) is 3.34. The Labute approximate surface area is 43.9 Å². The zero-order valence-electron chi connectivity index (χ0n) is 4.44. The van der Waals surface area contributed by atoms with Gasteiger partial charge in [-0.3, -0.25) is 0 Å². The maximum absolute atomic E-state index is 6.93. The van der Waals surface area contributed by atoms with Gasteiger partial charge in [-0.1, -0.05) is 12.7 Å². The van der Waals surface area contributed by atoms with Gasteiger partial charge < -0.3 is 5.41 Å². The quantitative estimate of drug-likeness (QED) is 0.505. The molecule has 0 radical (unpaired) electrons. The van der Waals surface area contributed by atoms with Crippen LogP contribution in [-0.2, 0) is 0 Å². The lowest BCUT2D eigenvalue weighted by molar-refractivity contribution is 1.53. The van der Waals surface area contributed by atoms with Crippen LogP contribution in [0, 0.1) is 5.41 Å². The molecule has 0 aromatic carbocycles. The zero-order chi connectivity index (χ0) is 5.70. The molecule has 7 heavy (non-hydrogen) atoms. The van der Waals surface area contributed by atoms with Crippen molar-refractivity contribution in [3.63, 3.8) is 0 Å². The Morgan fingerprint density at radius 2 is 2.29 bits per heavy atom. The Morgan fingerprint density at radius 1 is 1.71 bits per heavy atom. The molecule has 0 rings (SSSR count). The Morgan fingerprint density at radius 3 is 2.43 bits per heavy atom. The highest BCUT2D eigenvalue weighted by atomic mass is 14.4. The lowest BCUT2D eigenvalue weighted by Gasteiger charge is -1.77. The van der Waals surface area contributed by atoms with Crippen LogP contribution in [0.25, 0.3) is 0 Å². The van der Waals surface area contributed by atoms with Crippen molar-refractivity contribution in [2.75, 3.05) is 0 Å². The SMILES string of the molecule is C=CC(=N)/C=C\C. The van der Waals surface area contributed by atoms with Gasteiger partial charge in [0, 0.05) is 0 Å². The van der Waals surface area contributed by atoms with Crippen molar-refractivity contribution in [3.8, 4) is 0 Å². The highest BCUT2D eigenvalue weighted by Crippen LogP contribution is 1.75. The van der Waals surface area contributed by atoms with E-state index in [9.17, 15) is 0 Å². The minimum atomic E-state index is 0.461. The fourth-order valence-electron chi connectivity index (χ4n) is 0.248. The van der Waals surface area contributed by atoms with E-state index in [0.29, 0.717) is 5.71 Å². The van der Waals surface area contributed by atoms with Crippen LogP contribution in [0.2, 0.25) is 0 Å². The molecule has 0 spiro atoms. The number of allylic oxidation sites excluding steroid dienone is 3. The summed E-state index contributed by atoms with van der Waals surface area (Å²) in [5.74, 6) is 0. The molecule has 1 N–H and O–H groups in total. The summed E-state index contributed by atoms with van der Waals surface area (Å²) in [6, 6.07) is 0. The molecular formula is C6H9N. The smallest absolute Gasteiger partial charge is 0.0530 e. The average Bonchev–Trinajstić information content (AvgIpc) is 1.68. The van der Waals surface area contributed by atoms with Crippen LogP contribution in [-0.4, -0.2) is 5.71 Å². The van der Waals surface area contributed by atoms with Crippen molar-refractivity contribution < 1.29 is 0 Å². The van der Waals surface area contributed by atoms with Crippen molar-refractivity contribution in [1.82, 2.24) is 0 Å². The first kappa shape index (κ1) is 6.15. The Balaban J connectivity index is 3.58. The predicted octanol–water partition coefficient (Wildman–Crippen LogP) is 1.77. The summed E-state index contributed by atoms with van der Waals surface area (Å²) in [4.78, 5) is 0. The molecule has 0 unspecified atom stereocenters. The second-order valence-corrected chi connectivity index (χ2v) is 1.16. The van der Waals surface area contributed by atoms with Crippen molar-refractivity contribution in [2.45, 2.75) is 6.92 Å². The summed E-state index contributed by atoms with van der Waals surface area (Å²) in [6.45, 7) is 5.28. The molecule has 0 atom stereocenters. The first-order valence-corrected chi connectivity index (χ1v) is 2.15. The van der Waals surface area contributed by atoms with E-state index < -0.39 is 0 Å². The highest BCUT2D eigenvalue weighted by Gasteiger charge is 1.72. The normalized spacial score (nSPS) is 9.29. The van der Waals surface area contributed by atoms with Crippen LogP contribution in [0.4, 0.5) is 0 Å². The van der Waals surface area contributed by atoms with Crippen molar-refractivity contribution in [3.05, 3.63) is 24.8 Å². The molecule has 0 aromatic heterocycles. The molecule has 0 aliphatic heterocycles. The van der Waals surface area contributed by atoms with E-state index >= 15 is 0 Å². The van der Waals surface area contributed by atoms with Crippen LogP contribution in [0.1, 0.15) is 6.92 Å². The topological polar surface area (TPSA) is 23.9 Å². The molecule has 38 valence electrons. The summed E-state index contributed by atoms with van der Waals surface area (Å²) < 4.78 is 0. The summed E-state index contributed by atoms with van der Waals surface area (Å²) in [7, 11) is 0. The van der Waals surface area contributed by atoms with Crippen molar-refractivity contribution >= 4 is 5.71 Å². The van der Waals surface area contributed by atoms with Gasteiger partial charge in [-0.2, -0.15) is 0 Å². The molecule has 0 heterocycles. The van der Waals surface area contributed by atoms with Gasteiger partial charge in [0.05, 0.1) is 5.71 Å². The number of hydrogen-bond acceptors (Lipinski definition) is 1.